The second kappa shape index (κ2) is 2.72. The van der Waals surface area contributed by atoms with Crippen LogP contribution in [0.1, 0.15) is 31.2 Å². The van der Waals surface area contributed by atoms with Gasteiger partial charge in [0.25, 0.3) is 0 Å². The first-order valence-electron chi connectivity index (χ1n) is 5.26. The van der Waals surface area contributed by atoms with Crippen LogP contribution in [0.3, 0.4) is 0 Å². The summed E-state index contributed by atoms with van der Waals surface area (Å²) in [5.74, 6) is 1.19. The van der Waals surface area contributed by atoms with Gasteiger partial charge in [0.05, 0.1) is 0 Å². The van der Waals surface area contributed by atoms with Gasteiger partial charge in [-0.1, -0.05) is 6.07 Å². The number of carbonyl (C=O) groups is 1. The molecular weight excluding hydrogens is 190 g/mol. The summed E-state index contributed by atoms with van der Waals surface area (Å²) in [5, 5.41) is 2.83. The molecule has 0 saturated heterocycles. The summed E-state index contributed by atoms with van der Waals surface area (Å²) in [6.45, 7) is 0. The Labute approximate surface area is 87.9 Å². The van der Waals surface area contributed by atoms with E-state index >= 15 is 0 Å². The molecule has 4 heteroatoms. The zero-order valence-electron chi connectivity index (χ0n) is 8.42. The molecule has 1 aliphatic heterocycles. The molecule has 3 rings (SSSR count). The quantitative estimate of drug-likeness (QED) is 0.670. The van der Waals surface area contributed by atoms with E-state index in [1.165, 1.54) is 18.4 Å². The van der Waals surface area contributed by atoms with E-state index in [4.69, 9.17) is 5.73 Å². The molecule has 2 aliphatic rings. The zero-order valence-corrected chi connectivity index (χ0v) is 8.42. The molecule has 1 aliphatic carbocycles. The predicted octanol–water partition coefficient (Wildman–Crippen LogP) is 1.43. The van der Waals surface area contributed by atoms with Gasteiger partial charge in [-0.2, -0.15) is 0 Å². The first-order chi connectivity index (χ1) is 7.20. The summed E-state index contributed by atoms with van der Waals surface area (Å²) >= 11 is 0. The minimum absolute atomic E-state index is 0.0538. The minimum atomic E-state index is 0.0538. The molecule has 1 amide bonds. The molecule has 0 radical (unpaired) electrons. The first-order valence-corrected chi connectivity index (χ1v) is 5.26. The average molecular weight is 203 g/mol. The van der Waals surface area contributed by atoms with Gasteiger partial charge in [0.1, 0.15) is 11.6 Å². The molecule has 3 N–H and O–H groups in total. The zero-order chi connectivity index (χ0) is 10.5. The normalized spacial score (nSPS) is 21.7. The Morgan fingerprint density at radius 1 is 1.33 bits per heavy atom. The SMILES string of the molecule is Nc1ccc2c(n1)NC(=O)CCC21CC1. The van der Waals surface area contributed by atoms with Crippen molar-refractivity contribution in [1.29, 1.82) is 0 Å². The second-order valence-electron chi connectivity index (χ2n) is 4.46. The molecule has 1 aromatic heterocycles. The van der Waals surface area contributed by atoms with Gasteiger partial charge in [0.15, 0.2) is 0 Å². The largest absolute Gasteiger partial charge is 0.384 e. The second-order valence-corrected chi connectivity index (χ2v) is 4.46. The number of nitrogens with zero attached hydrogens (tertiary/aromatic N) is 1. The lowest BCUT2D eigenvalue weighted by Crippen LogP contribution is -2.11. The van der Waals surface area contributed by atoms with Crippen LogP contribution in [0.4, 0.5) is 11.6 Å². The van der Waals surface area contributed by atoms with Crippen molar-refractivity contribution in [2.45, 2.75) is 31.1 Å². The van der Waals surface area contributed by atoms with Crippen molar-refractivity contribution >= 4 is 17.5 Å². The van der Waals surface area contributed by atoms with E-state index in [-0.39, 0.29) is 11.3 Å². The Hall–Kier alpha value is -1.58. The van der Waals surface area contributed by atoms with Gasteiger partial charge < -0.3 is 11.1 Å². The highest BCUT2D eigenvalue weighted by Crippen LogP contribution is 2.54. The molecule has 1 fully saturated rings. The van der Waals surface area contributed by atoms with Crippen molar-refractivity contribution in [2.24, 2.45) is 0 Å². The van der Waals surface area contributed by atoms with Gasteiger partial charge in [0.2, 0.25) is 5.91 Å². The summed E-state index contributed by atoms with van der Waals surface area (Å²) in [6.07, 6.45) is 3.87. The van der Waals surface area contributed by atoms with Gasteiger partial charge in [-0.25, -0.2) is 4.98 Å². The predicted molar refractivity (Wildman–Crippen MR) is 57.4 cm³/mol. The van der Waals surface area contributed by atoms with Crippen molar-refractivity contribution in [2.75, 3.05) is 11.1 Å². The summed E-state index contributed by atoms with van der Waals surface area (Å²) in [6, 6.07) is 3.83. The van der Waals surface area contributed by atoms with Gasteiger partial charge in [-0.3, -0.25) is 4.79 Å². The van der Waals surface area contributed by atoms with E-state index < -0.39 is 0 Å². The number of pyridine rings is 1. The van der Waals surface area contributed by atoms with E-state index in [9.17, 15) is 4.79 Å². The van der Waals surface area contributed by atoms with Crippen LogP contribution in [0.5, 0.6) is 0 Å². The van der Waals surface area contributed by atoms with Gasteiger partial charge in [-0.15, -0.1) is 0 Å². The van der Waals surface area contributed by atoms with Crippen molar-refractivity contribution in [3.63, 3.8) is 0 Å². The number of hydrogen-bond donors (Lipinski definition) is 2. The molecule has 4 nitrogen and oxygen atoms in total. The fourth-order valence-electron chi connectivity index (χ4n) is 2.35. The van der Waals surface area contributed by atoms with Crippen molar-refractivity contribution in [3.05, 3.63) is 17.7 Å². The van der Waals surface area contributed by atoms with E-state index in [1.807, 2.05) is 12.1 Å². The van der Waals surface area contributed by atoms with Gasteiger partial charge in [-0.05, 0) is 30.7 Å². The van der Waals surface area contributed by atoms with E-state index in [0.29, 0.717) is 18.1 Å². The van der Waals surface area contributed by atoms with Crippen LogP contribution in [0.2, 0.25) is 0 Å². The first kappa shape index (κ1) is 8.71. The van der Waals surface area contributed by atoms with Gasteiger partial charge >= 0.3 is 0 Å². The lowest BCUT2D eigenvalue weighted by Gasteiger charge is -2.14. The molecule has 2 heterocycles. The number of carbonyl (C=O) groups excluding carboxylic acids is 1. The highest BCUT2D eigenvalue weighted by atomic mass is 16.1. The number of hydrogen-bond acceptors (Lipinski definition) is 3. The van der Waals surface area contributed by atoms with Crippen LogP contribution in [-0.4, -0.2) is 10.9 Å². The van der Waals surface area contributed by atoms with Crippen LogP contribution in [-0.2, 0) is 10.2 Å². The molecule has 78 valence electrons. The van der Waals surface area contributed by atoms with Crippen molar-refractivity contribution in [1.82, 2.24) is 4.98 Å². The molecule has 0 aromatic carbocycles. The summed E-state index contributed by atoms with van der Waals surface area (Å²) in [4.78, 5) is 15.7. The standard InChI is InChI=1S/C11H13N3O/c12-8-2-1-7-10(13-8)14-9(15)3-4-11(7)5-6-11/h1-2H,3-6H2,(H3,12,13,14,15). The molecule has 15 heavy (non-hydrogen) atoms. The number of amides is 1. The Bertz CT molecular complexity index is 437. The lowest BCUT2D eigenvalue weighted by atomic mass is 9.92. The number of aromatic nitrogens is 1. The van der Waals surface area contributed by atoms with Crippen LogP contribution < -0.4 is 11.1 Å². The number of fused-ring (bicyclic) bond motifs is 2. The number of nitrogens with one attached hydrogen (secondary N) is 1. The highest BCUT2D eigenvalue weighted by Gasteiger charge is 2.47. The number of nitrogens with two attached hydrogens (primary N) is 1. The van der Waals surface area contributed by atoms with E-state index in [1.54, 1.807) is 0 Å². The summed E-state index contributed by atoms with van der Waals surface area (Å²) < 4.78 is 0. The fraction of sp³-hybridized carbons (Fsp3) is 0.455. The van der Waals surface area contributed by atoms with Crippen LogP contribution >= 0.6 is 0 Å². The molecule has 0 unspecified atom stereocenters. The summed E-state index contributed by atoms with van der Waals surface area (Å²) in [7, 11) is 0. The maximum Gasteiger partial charge on any atom is 0.225 e. The maximum absolute atomic E-state index is 11.5. The average Bonchev–Trinajstić information content (AvgIpc) is 2.97. The van der Waals surface area contributed by atoms with E-state index in [2.05, 4.69) is 10.3 Å². The Kier molecular flexibility index (Phi) is 1.58. The van der Waals surface area contributed by atoms with Crippen molar-refractivity contribution < 1.29 is 4.79 Å². The molecular formula is C11H13N3O. The smallest absolute Gasteiger partial charge is 0.225 e. The van der Waals surface area contributed by atoms with E-state index in [0.717, 1.165) is 6.42 Å². The molecule has 1 saturated carbocycles. The third-order valence-corrected chi connectivity index (χ3v) is 3.43. The third kappa shape index (κ3) is 1.28. The van der Waals surface area contributed by atoms with Gasteiger partial charge in [0, 0.05) is 12.0 Å². The number of nitrogen functional groups attached to an aromatic ring is 1. The molecule has 1 aromatic rings. The summed E-state index contributed by atoms with van der Waals surface area (Å²) in [5.41, 5.74) is 7.01. The van der Waals surface area contributed by atoms with Crippen molar-refractivity contribution in [3.8, 4) is 0 Å². The Morgan fingerprint density at radius 2 is 2.13 bits per heavy atom. The number of anilines is 2. The number of rotatable bonds is 0. The maximum atomic E-state index is 11.5. The fourth-order valence-corrected chi connectivity index (χ4v) is 2.35. The highest BCUT2D eigenvalue weighted by molar-refractivity contribution is 5.92. The third-order valence-electron chi connectivity index (χ3n) is 3.43. The van der Waals surface area contributed by atoms with Crippen LogP contribution in [0.15, 0.2) is 12.1 Å². The monoisotopic (exact) mass is 203 g/mol. The van der Waals surface area contributed by atoms with Crippen LogP contribution in [0.25, 0.3) is 0 Å². The lowest BCUT2D eigenvalue weighted by molar-refractivity contribution is -0.116. The minimum Gasteiger partial charge on any atom is -0.384 e. The molecule has 1 spiro atoms. The Balaban J connectivity index is 2.13. The van der Waals surface area contributed by atoms with Crippen LogP contribution in [0, 0.1) is 0 Å². The topological polar surface area (TPSA) is 68.0 Å². The Morgan fingerprint density at radius 3 is 2.87 bits per heavy atom. The molecule has 0 atom stereocenters. The molecule has 0 bridgehead atoms.